The molecule has 0 atom stereocenters. The summed E-state index contributed by atoms with van der Waals surface area (Å²) in [5, 5.41) is 13.4. The van der Waals surface area contributed by atoms with Crippen molar-refractivity contribution in [1.29, 1.82) is 5.26 Å². The van der Waals surface area contributed by atoms with E-state index in [4.69, 9.17) is 9.72 Å². The first-order chi connectivity index (χ1) is 17.5. The number of hydrogen-bond acceptors (Lipinski definition) is 5. The van der Waals surface area contributed by atoms with E-state index >= 15 is 0 Å². The lowest BCUT2D eigenvalue weighted by atomic mass is 9.98. The minimum Gasteiger partial charge on any atom is -0.497 e. The quantitative estimate of drug-likeness (QED) is 0.269. The minimum atomic E-state index is -0.361. The van der Waals surface area contributed by atoms with Crippen molar-refractivity contribution in [2.24, 2.45) is 0 Å². The first-order valence-corrected chi connectivity index (χ1v) is 12.3. The number of aryl methyl sites for hydroxylation is 1. The number of nitrogens with zero attached hydrogens (tertiary/aromatic N) is 2. The Kier molecular flexibility index (Phi) is 7.99. The Balaban J connectivity index is 1.61. The number of hydrogen-bond donors (Lipinski definition) is 1. The van der Waals surface area contributed by atoms with E-state index in [9.17, 15) is 14.4 Å². The molecule has 4 rings (SSSR count). The number of halogens is 1. The van der Waals surface area contributed by atoms with Crippen LogP contribution < -0.4 is 10.1 Å². The lowest BCUT2D eigenvalue weighted by Crippen LogP contribution is -2.12. The van der Waals surface area contributed by atoms with Gasteiger partial charge in [0.2, 0.25) is 5.91 Å². The van der Waals surface area contributed by atoms with Gasteiger partial charge in [-0.2, -0.15) is 5.26 Å². The second-order valence-corrected chi connectivity index (χ2v) is 9.18. The summed E-state index contributed by atoms with van der Waals surface area (Å²) in [6, 6.07) is 25.5. The zero-order valence-electron chi connectivity index (χ0n) is 19.9. The van der Waals surface area contributed by atoms with Crippen molar-refractivity contribution in [3.05, 3.63) is 95.8 Å². The molecule has 0 aliphatic rings. The number of benzene rings is 3. The number of thioether (sulfide) groups is 1. The van der Waals surface area contributed by atoms with Crippen molar-refractivity contribution in [3.8, 4) is 34.2 Å². The maximum atomic E-state index is 13.1. The van der Waals surface area contributed by atoms with E-state index in [1.54, 1.807) is 7.11 Å². The number of carbonyl (C=O) groups excluding carboxylic acids is 1. The Morgan fingerprint density at radius 3 is 2.33 bits per heavy atom. The Hall–Kier alpha value is -4.15. The molecule has 1 N–H and O–H groups in total. The first-order valence-electron chi connectivity index (χ1n) is 11.3. The predicted octanol–water partition coefficient (Wildman–Crippen LogP) is 6.86. The fourth-order valence-electron chi connectivity index (χ4n) is 3.60. The molecule has 0 saturated carbocycles. The summed E-state index contributed by atoms with van der Waals surface area (Å²) in [6.07, 6.45) is 0.210. The number of anilines is 1. The summed E-state index contributed by atoms with van der Waals surface area (Å²) in [6.45, 7) is 2.02. The highest BCUT2D eigenvalue weighted by atomic mass is 32.2. The normalized spacial score (nSPS) is 10.5. The molecule has 180 valence electrons. The number of aromatic nitrogens is 1. The van der Waals surface area contributed by atoms with Gasteiger partial charge >= 0.3 is 0 Å². The Labute approximate surface area is 214 Å². The number of carbonyl (C=O) groups is 1. The van der Waals surface area contributed by atoms with Gasteiger partial charge in [0.25, 0.3) is 0 Å². The zero-order chi connectivity index (χ0) is 25.5. The predicted molar refractivity (Wildman–Crippen MR) is 141 cm³/mol. The number of rotatable bonds is 8. The molecule has 3 aromatic carbocycles. The van der Waals surface area contributed by atoms with Crippen LogP contribution >= 0.6 is 11.8 Å². The lowest BCUT2D eigenvalue weighted by Gasteiger charge is -2.13. The van der Waals surface area contributed by atoms with Crippen LogP contribution in [0.4, 0.5) is 10.1 Å². The van der Waals surface area contributed by atoms with E-state index in [1.807, 2.05) is 61.5 Å². The molecule has 0 saturated heterocycles. The van der Waals surface area contributed by atoms with Crippen LogP contribution in [0.15, 0.2) is 83.9 Å². The Morgan fingerprint density at radius 2 is 1.69 bits per heavy atom. The second-order valence-electron chi connectivity index (χ2n) is 8.10. The van der Waals surface area contributed by atoms with Crippen molar-refractivity contribution in [1.82, 2.24) is 4.98 Å². The zero-order valence-corrected chi connectivity index (χ0v) is 20.7. The van der Waals surface area contributed by atoms with Gasteiger partial charge in [-0.3, -0.25) is 4.79 Å². The molecular formula is C29H24FN3O2S. The number of nitrogens with one attached hydrogen (secondary N) is 1. The smallest absolute Gasteiger partial charge is 0.225 e. The summed E-state index contributed by atoms with van der Waals surface area (Å²) >= 11 is 1.36. The fourth-order valence-corrected chi connectivity index (χ4v) is 4.55. The van der Waals surface area contributed by atoms with E-state index < -0.39 is 0 Å². The van der Waals surface area contributed by atoms with E-state index in [2.05, 4.69) is 11.4 Å². The van der Waals surface area contributed by atoms with Gasteiger partial charge in [0.1, 0.15) is 22.7 Å². The number of nitriles is 1. The SMILES string of the molecule is COc1ccc(-c2cc(-c3ccc(C)cc3)c(C#N)c(SCCC(=O)Nc3ccc(F)cc3)n2)cc1. The molecule has 0 radical (unpaired) electrons. The molecular weight excluding hydrogens is 473 g/mol. The summed E-state index contributed by atoms with van der Waals surface area (Å²) in [4.78, 5) is 17.2. The van der Waals surface area contributed by atoms with Crippen molar-refractivity contribution in [2.75, 3.05) is 18.2 Å². The van der Waals surface area contributed by atoms with Crippen molar-refractivity contribution in [3.63, 3.8) is 0 Å². The van der Waals surface area contributed by atoms with Gasteiger partial charge < -0.3 is 10.1 Å². The second kappa shape index (κ2) is 11.5. The molecule has 0 fully saturated rings. The van der Waals surface area contributed by atoms with Crippen LogP contribution in [0.1, 0.15) is 17.5 Å². The number of pyridine rings is 1. The van der Waals surface area contributed by atoms with E-state index in [1.165, 1.54) is 36.0 Å². The van der Waals surface area contributed by atoms with Gasteiger partial charge in [-0.05, 0) is 67.1 Å². The molecule has 4 aromatic rings. The molecule has 0 aliphatic carbocycles. The third-order valence-electron chi connectivity index (χ3n) is 5.54. The highest BCUT2D eigenvalue weighted by molar-refractivity contribution is 7.99. The molecule has 0 bridgehead atoms. The third kappa shape index (κ3) is 6.09. The van der Waals surface area contributed by atoms with Crippen LogP contribution in [-0.2, 0) is 4.79 Å². The van der Waals surface area contributed by atoms with Crippen LogP contribution in [0.3, 0.4) is 0 Å². The summed E-state index contributed by atoms with van der Waals surface area (Å²) in [5.74, 6) is 0.610. The van der Waals surface area contributed by atoms with Gasteiger partial charge in [-0.25, -0.2) is 9.37 Å². The Bertz CT molecular complexity index is 1400. The van der Waals surface area contributed by atoms with Crippen LogP contribution in [-0.4, -0.2) is 23.8 Å². The largest absolute Gasteiger partial charge is 0.497 e. The highest BCUT2D eigenvalue weighted by Gasteiger charge is 2.16. The Morgan fingerprint density at radius 1 is 1.03 bits per heavy atom. The molecule has 36 heavy (non-hydrogen) atoms. The van der Waals surface area contributed by atoms with Crippen LogP contribution in [0.2, 0.25) is 0 Å². The molecule has 0 aliphatic heterocycles. The number of amides is 1. The monoisotopic (exact) mass is 497 g/mol. The molecule has 1 heterocycles. The molecule has 5 nitrogen and oxygen atoms in total. The summed E-state index contributed by atoms with van der Waals surface area (Å²) < 4.78 is 18.4. The van der Waals surface area contributed by atoms with Gasteiger partial charge in [-0.1, -0.05) is 29.8 Å². The standard InChI is InChI=1S/C29H24FN3O2S/c1-19-3-5-20(6-4-19)25-17-27(21-7-13-24(35-2)14-8-21)33-29(26(25)18-31)36-16-15-28(34)32-23-11-9-22(30)10-12-23/h3-14,17H,15-16H2,1-2H3,(H,32,34). The van der Waals surface area contributed by atoms with Crippen molar-refractivity contribution < 1.29 is 13.9 Å². The first kappa shape index (κ1) is 25.0. The van der Waals surface area contributed by atoms with Gasteiger partial charge in [0, 0.05) is 29.0 Å². The molecule has 1 amide bonds. The van der Waals surface area contributed by atoms with Gasteiger partial charge in [0.05, 0.1) is 18.4 Å². The summed E-state index contributed by atoms with van der Waals surface area (Å²) in [7, 11) is 1.62. The maximum absolute atomic E-state index is 13.1. The lowest BCUT2D eigenvalue weighted by molar-refractivity contribution is -0.115. The maximum Gasteiger partial charge on any atom is 0.225 e. The minimum absolute atomic E-state index is 0.197. The average Bonchev–Trinajstić information content (AvgIpc) is 2.90. The highest BCUT2D eigenvalue weighted by Crippen LogP contribution is 2.35. The van der Waals surface area contributed by atoms with Crippen LogP contribution in [0, 0.1) is 24.1 Å². The third-order valence-corrected chi connectivity index (χ3v) is 6.52. The van der Waals surface area contributed by atoms with E-state index in [0.717, 1.165) is 33.7 Å². The number of ether oxygens (including phenoxy) is 1. The van der Waals surface area contributed by atoms with Crippen molar-refractivity contribution >= 4 is 23.4 Å². The molecule has 0 unspecified atom stereocenters. The molecule has 7 heteroatoms. The summed E-state index contributed by atoms with van der Waals surface area (Å²) in [5.41, 5.74) is 5.46. The van der Waals surface area contributed by atoms with Crippen molar-refractivity contribution in [2.45, 2.75) is 18.4 Å². The molecule has 1 aromatic heterocycles. The van der Waals surface area contributed by atoms with Gasteiger partial charge in [0.15, 0.2) is 0 Å². The number of methoxy groups -OCH3 is 1. The van der Waals surface area contributed by atoms with Crippen LogP contribution in [0.5, 0.6) is 5.75 Å². The topological polar surface area (TPSA) is 75.0 Å². The fraction of sp³-hybridized carbons (Fsp3) is 0.138. The van der Waals surface area contributed by atoms with Gasteiger partial charge in [-0.15, -0.1) is 11.8 Å². The molecule has 0 spiro atoms. The van der Waals surface area contributed by atoms with E-state index in [0.29, 0.717) is 22.0 Å². The van der Waals surface area contributed by atoms with Crippen LogP contribution in [0.25, 0.3) is 22.4 Å². The van der Waals surface area contributed by atoms with E-state index in [-0.39, 0.29) is 18.1 Å². The average molecular weight is 498 g/mol.